The van der Waals surface area contributed by atoms with Gasteiger partial charge in [-0.15, -0.1) is 0 Å². The van der Waals surface area contributed by atoms with Crippen molar-refractivity contribution in [3.8, 4) is 11.8 Å². The third-order valence-electron chi connectivity index (χ3n) is 3.28. The molecule has 0 aliphatic carbocycles. The summed E-state index contributed by atoms with van der Waals surface area (Å²) >= 11 is 0. The number of Topliss-reactive ketones (excluding diaryl/α,β-unsaturated/α-hetero) is 1. The van der Waals surface area contributed by atoms with Gasteiger partial charge >= 0.3 is 0 Å². The number of carbonyl (C=O) groups is 2. The maximum atomic E-state index is 12.3. The van der Waals surface area contributed by atoms with Crippen LogP contribution in [0, 0.1) is 11.3 Å². The Balaban J connectivity index is 2.39. The van der Waals surface area contributed by atoms with Gasteiger partial charge in [0.15, 0.2) is 5.78 Å². The molecule has 2 aromatic rings. The van der Waals surface area contributed by atoms with Crippen LogP contribution in [-0.4, -0.2) is 18.3 Å². The zero-order valence-electron chi connectivity index (χ0n) is 13.2. The number of benzene rings is 2. The minimum absolute atomic E-state index is 0.184. The molecule has 0 heterocycles. The first-order valence-electron chi connectivity index (χ1n) is 7.39. The van der Waals surface area contributed by atoms with Crippen molar-refractivity contribution in [1.29, 1.82) is 5.26 Å². The topological polar surface area (TPSA) is 105 Å². The smallest absolute Gasteiger partial charge is 0.255 e. The van der Waals surface area contributed by atoms with E-state index in [4.69, 9.17) is 15.7 Å². The molecule has 0 unspecified atom stereocenters. The molecule has 0 saturated carbocycles. The van der Waals surface area contributed by atoms with Crippen molar-refractivity contribution in [3.05, 3.63) is 53.6 Å². The van der Waals surface area contributed by atoms with Crippen LogP contribution in [0.1, 0.15) is 34.1 Å². The van der Waals surface area contributed by atoms with E-state index in [1.807, 2.05) is 6.07 Å². The molecule has 1 amide bonds. The Morgan fingerprint density at radius 2 is 1.96 bits per heavy atom. The zero-order chi connectivity index (χ0) is 17.5. The Labute approximate surface area is 139 Å². The molecule has 0 atom stereocenters. The molecule has 24 heavy (non-hydrogen) atoms. The minimum Gasteiger partial charge on any atom is -0.492 e. The number of nitrogens with one attached hydrogen (secondary N) is 1. The molecular formula is C18H17N3O3. The van der Waals surface area contributed by atoms with Gasteiger partial charge < -0.3 is 15.8 Å². The maximum Gasteiger partial charge on any atom is 0.255 e. The lowest BCUT2D eigenvalue weighted by atomic mass is 10.0. The molecule has 2 rings (SSSR count). The SMILES string of the molecule is CCOc1cc(N)c(C(=O)CC#N)cc1NC(=O)c1ccccc1. The second kappa shape index (κ2) is 7.79. The van der Waals surface area contributed by atoms with E-state index < -0.39 is 5.78 Å². The van der Waals surface area contributed by atoms with Crippen LogP contribution >= 0.6 is 0 Å². The van der Waals surface area contributed by atoms with Crippen molar-refractivity contribution >= 4 is 23.1 Å². The molecule has 6 heteroatoms. The number of anilines is 2. The molecule has 122 valence electrons. The second-order valence-electron chi connectivity index (χ2n) is 4.95. The van der Waals surface area contributed by atoms with Crippen LogP contribution < -0.4 is 15.8 Å². The number of nitrogens with two attached hydrogens (primary N) is 1. The molecule has 0 spiro atoms. The predicted molar refractivity (Wildman–Crippen MR) is 91.0 cm³/mol. The second-order valence-corrected chi connectivity index (χ2v) is 4.95. The number of nitriles is 1. The molecular weight excluding hydrogens is 306 g/mol. The molecule has 0 radical (unpaired) electrons. The molecule has 0 aromatic heterocycles. The summed E-state index contributed by atoms with van der Waals surface area (Å²) in [6.07, 6.45) is -0.287. The Kier molecular flexibility index (Phi) is 5.53. The van der Waals surface area contributed by atoms with Crippen LogP contribution in [0.3, 0.4) is 0 Å². The number of ether oxygens (including phenoxy) is 1. The van der Waals surface area contributed by atoms with Crippen molar-refractivity contribution in [2.75, 3.05) is 17.7 Å². The van der Waals surface area contributed by atoms with E-state index in [0.717, 1.165) is 0 Å². The van der Waals surface area contributed by atoms with Crippen LogP contribution in [0.2, 0.25) is 0 Å². The highest BCUT2D eigenvalue weighted by molar-refractivity contribution is 6.08. The van der Waals surface area contributed by atoms with E-state index in [1.165, 1.54) is 12.1 Å². The summed E-state index contributed by atoms with van der Waals surface area (Å²) in [5.41, 5.74) is 7.07. The van der Waals surface area contributed by atoms with Gasteiger partial charge in [0, 0.05) is 22.9 Å². The van der Waals surface area contributed by atoms with E-state index in [9.17, 15) is 9.59 Å². The van der Waals surface area contributed by atoms with Gasteiger partial charge in [-0.25, -0.2) is 0 Å². The fourth-order valence-electron chi connectivity index (χ4n) is 2.16. The molecule has 0 bridgehead atoms. The van der Waals surface area contributed by atoms with Crippen LogP contribution in [0.4, 0.5) is 11.4 Å². The summed E-state index contributed by atoms with van der Waals surface area (Å²) in [5.74, 6) is -0.374. The van der Waals surface area contributed by atoms with Gasteiger partial charge in [-0.3, -0.25) is 9.59 Å². The number of hydrogen-bond acceptors (Lipinski definition) is 5. The largest absolute Gasteiger partial charge is 0.492 e. The minimum atomic E-state index is -0.409. The van der Waals surface area contributed by atoms with E-state index in [1.54, 1.807) is 37.3 Å². The predicted octanol–water partition coefficient (Wildman–Crippen LogP) is 3.02. The van der Waals surface area contributed by atoms with Crippen LogP contribution in [-0.2, 0) is 0 Å². The number of amides is 1. The number of ketones is 1. The van der Waals surface area contributed by atoms with Crippen LogP contribution in [0.25, 0.3) is 0 Å². The number of nitrogen functional groups attached to an aromatic ring is 1. The van der Waals surface area contributed by atoms with Crippen molar-refractivity contribution in [2.45, 2.75) is 13.3 Å². The number of rotatable bonds is 6. The molecule has 6 nitrogen and oxygen atoms in total. The van der Waals surface area contributed by atoms with Crippen LogP contribution in [0.5, 0.6) is 5.75 Å². The monoisotopic (exact) mass is 323 g/mol. The standard InChI is InChI=1S/C18H17N3O3/c1-2-24-17-11-14(20)13(16(22)8-9-19)10-15(17)21-18(23)12-6-4-3-5-7-12/h3-7,10-11H,2,8,20H2,1H3,(H,21,23). The average Bonchev–Trinajstić information content (AvgIpc) is 2.58. The van der Waals surface area contributed by atoms with Gasteiger partial charge in [-0.2, -0.15) is 5.26 Å². The summed E-state index contributed by atoms with van der Waals surface area (Å²) < 4.78 is 5.48. The Hall–Kier alpha value is -3.33. The first-order valence-corrected chi connectivity index (χ1v) is 7.39. The Morgan fingerprint density at radius 3 is 2.58 bits per heavy atom. The Bertz CT molecular complexity index is 795. The zero-order valence-corrected chi connectivity index (χ0v) is 13.2. The van der Waals surface area contributed by atoms with Gasteiger partial charge in [0.1, 0.15) is 5.75 Å². The van der Waals surface area contributed by atoms with E-state index in [0.29, 0.717) is 23.6 Å². The number of hydrogen-bond donors (Lipinski definition) is 2. The van der Waals surface area contributed by atoms with Crippen molar-refractivity contribution in [1.82, 2.24) is 0 Å². The van der Waals surface area contributed by atoms with Gasteiger partial charge in [0.2, 0.25) is 0 Å². The summed E-state index contributed by atoms with van der Waals surface area (Å²) in [6, 6.07) is 13.4. The van der Waals surface area contributed by atoms with Crippen LogP contribution in [0.15, 0.2) is 42.5 Å². The molecule has 0 saturated heterocycles. The summed E-state index contributed by atoms with van der Waals surface area (Å²) in [6.45, 7) is 2.17. The number of nitrogens with zero attached hydrogens (tertiary/aromatic N) is 1. The van der Waals surface area contributed by atoms with Crippen molar-refractivity contribution < 1.29 is 14.3 Å². The highest BCUT2D eigenvalue weighted by Gasteiger charge is 2.17. The average molecular weight is 323 g/mol. The van der Waals surface area contributed by atoms with Gasteiger partial charge in [-0.05, 0) is 25.1 Å². The summed E-state index contributed by atoms with van der Waals surface area (Å²) in [7, 11) is 0. The lowest BCUT2D eigenvalue weighted by Gasteiger charge is -2.14. The third-order valence-corrected chi connectivity index (χ3v) is 3.28. The van der Waals surface area contributed by atoms with E-state index in [-0.39, 0.29) is 23.6 Å². The molecule has 2 aromatic carbocycles. The lowest BCUT2D eigenvalue weighted by Crippen LogP contribution is -2.14. The normalized spacial score (nSPS) is 9.83. The highest BCUT2D eigenvalue weighted by Crippen LogP contribution is 2.31. The maximum absolute atomic E-state index is 12.3. The molecule has 0 fully saturated rings. The van der Waals surface area contributed by atoms with Crippen molar-refractivity contribution in [3.63, 3.8) is 0 Å². The fourth-order valence-corrected chi connectivity index (χ4v) is 2.16. The highest BCUT2D eigenvalue weighted by atomic mass is 16.5. The molecule has 3 N–H and O–H groups in total. The Morgan fingerprint density at radius 1 is 1.25 bits per heavy atom. The molecule has 0 aliphatic rings. The lowest BCUT2D eigenvalue weighted by molar-refractivity contribution is 0.0994. The summed E-state index contributed by atoms with van der Waals surface area (Å²) in [5, 5.41) is 11.4. The summed E-state index contributed by atoms with van der Waals surface area (Å²) in [4.78, 5) is 24.3. The number of carbonyl (C=O) groups excluding carboxylic acids is 2. The van der Waals surface area contributed by atoms with Gasteiger partial charge in [-0.1, -0.05) is 18.2 Å². The quantitative estimate of drug-likeness (QED) is 0.628. The first kappa shape index (κ1) is 17.0. The van der Waals surface area contributed by atoms with E-state index in [2.05, 4.69) is 5.32 Å². The van der Waals surface area contributed by atoms with Crippen molar-refractivity contribution in [2.24, 2.45) is 0 Å². The molecule has 0 aliphatic heterocycles. The third kappa shape index (κ3) is 3.90. The van der Waals surface area contributed by atoms with Gasteiger partial charge in [0.05, 0.1) is 24.8 Å². The van der Waals surface area contributed by atoms with E-state index >= 15 is 0 Å². The first-order chi connectivity index (χ1) is 11.6. The van der Waals surface area contributed by atoms with Gasteiger partial charge in [0.25, 0.3) is 5.91 Å². The fraction of sp³-hybridized carbons (Fsp3) is 0.167.